The second-order valence-electron chi connectivity index (χ2n) is 7.55. The Hall–Kier alpha value is -3.20. The molecule has 0 aromatic heterocycles. The molecule has 2 aromatic carbocycles. The summed E-state index contributed by atoms with van der Waals surface area (Å²) < 4.78 is 29.4. The first-order valence-electron chi connectivity index (χ1n) is 10.1. The topological polar surface area (TPSA) is 105 Å². The van der Waals surface area contributed by atoms with Crippen LogP contribution in [0.2, 0.25) is 0 Å². The number of carbonyl (C=O) groups is 2. The third-order valence-electron chi connectivity index (χ3n) is 5.26. The fraction of sp³-hybridized carbons (Fsp3) is 0.318. The first-order chi connectivity index (χ1) is 14.9. The van der Waals surface area contributed by atoms with E-state index in [1.165, 1.54) is 5.01 Å². The van der Waals surface area contributed by atoms with Crippen LogP contribution in [0.15, 0.2) is 59.7 Å². The Labute approximate surface area is 180 Å². The SMILES string of the molecule is O=C(NCc1ccccc1Oc1ccccc1)C1=NN(C2CCS(=O)(=O)C2)C(=O)CC1. The van der Waals surface area contributed by atoms with Gasteiger partial charge in [-0.1, -0.05) is 36.4 Å². The molecule has 2 aromatic rings. The molecule has 0 spiro atoms. The normalized spacial score (nSPS) is 20.3. The molecule has 2 heterocycles. The fourth-order valence-corrected chi connectivity index (χ4v) is 5.32. The molecule has 0 aliphatic carbocycles. The van der Waals surface area contributed by atoms with Crippen LogP contribution < -0.4 is 10.1 Å². The molecule has 8 nitrogen and oxygen atoms in total. The van der Waals surface area contributed by atoms with Gasteiger partial charge in [-0.2, -0.15) is 5.10 Å². The highest BCUT2D eigenvalue weighted by Crippen LogP contribution is 2.25. The fourth-order valence-electron chi connectivity index (χ4n) is 3.63. The van der Waals surface area contributed by atoms with Crippen molar-refractivity contribution in [2.45, 2.75) is 31.8 Å². The van der Waals surface area contributed by atoms with E-state index in [0.29, 0.717) is 17.9 Å². The van der Waals surface area contributed by atoms with E-state index in [1.807, 2.05) is 54.6 Å². The van der Waals surface area contributed by atoms with Crippen molar-refractivity contribution in [3.8, 4) is 11.5 Å². The van der Waals surface area contributed by atoms with Gasteiger partial charge in [0.2, 0.25) is 5.91 Å². The maximum absolute atomic E-state index is 12.7. The van der Waals surface area contributed by atoms with Gasteiger partial charge in [-0.05, 0) is 24.6 Å². The number of carbonyl (C=O) groups excluding carboxylic acids is 2. The number of nitrogens with one attached hydrogen (secondary N) is 1. The quantitative estimate of drug-likeness (QED) is 0.740. The van der Waals surface area contributed by atoms with Gasteiger partial charge in [-0.3, -0.25) is 9.59 Å². The van der Waals surface area contributed by atoms with Crippen LogP contribution in [0.1, 0.15) is 24.8 Å². The lowest BCUT2D eigenvalue weighted by atomic mass is 10.1. The number of amides is 2. The summed E-state index contributed by atoms with van der Waals surface area (Å²) in [5.41, 5.74) is 1.02. The molecule has 162 valence electrons. The van der Waals surface area contributed by atoms with Crippen molar-refractivity contribution < 1.29 is 22.7 Å². The van der Waals surface area contributed by atoms with Crippen LogP contribution in [0.5, 0.6) is 11.5 Å². The molecule has 0 radical (unpaired) electrons. The molecule has 9 heteroatoms. The van der Waals surface area contributed by atoms with E-state index in [9.17, 15) is 18.0 Å². The number of ether oxygens (including phenoxy) is 1. The highest BCUT2D eigenvalue weighted by atomic mass is 32.2. The average molecular weight is 442 g/mol. The summed E-state index contributed by atoms with van der Waals surface area (Å²) in [6.07, 6.45) is 0.704. The maximum Gasteiger partial charge on any atom is 0.267 e. The van der Waals surface area contributed by atoms with Crippen molar-refractivity contribution in [3.05, 3.63) is 60.2 Å². The number of para-hydroxylation sites is 2. The van der Waals surface area contributed by atoms with Crippen molar-refractivity contribution in [3.63, 3.8) is 0 Å². The predicted octanol–water partition coefficient (Wildman–Crippen LogP) is 2.26. The number of nitrogens with zero attached hydrogens (tertiary/aromatic N) is 2. The lowest BCUT2D eigenvalue weighted by Gasteiger charge is -2.27. The van der Waals surface area contributed by atoms with Crippen molar-refractivity contribution in [1.82, 2.24) is 10.3 Å². The summed E-state index contributed by atoms with van der Waals surface area (Å²) in [5.74, 6) is 0.622. The van der Waals surface area contributed by atoms with Gasteiger partial charge in [0.05, 0.1) is 17.5 Å². The van der Waals surface area contributed by atoms with E-state index in [-0.39, 0.29) is 48.4 Å². The Kier molecular flexibility index (Phi) is 6.03. The number of hydrogen-bond acceptors (Lipinski definition) is 6. The molecule has 0 bridgehead atoms. The molecular formula is C22H23N3O5S. The van der Waals surface area contributed by atoms with Gasteiger partial charge in [-0.25, -0.2) is 13.4 Å². The highest BCUT2D eigenvalue weighted by molar-refractivity contribution is 7.91. The molecule has 0 saturated carbocycles. The minimum atomic E-state index is -3.16. The summed E-state index contributed by atoms with van der Waals surface area (Å²) in [5, 5.41) is 8.23. The summed E-state index contributed by atoms with van der Waals surface area (Å²) in [7, 11) is -3.16. The average Bonchev–Trinajstić information content (AvgIpc) is 3.13. The second kappa shape index (κ2) is 8.89. The van der Waals surface area contributed by atoms with Crippen LogP contribution in [-0.4, -0.2) is 48.5 Å². The lowest BCUT2D eigenvalue weighted by molar-refractivity contribution is -0.133. The molecule has 2 amide bonds. The minimum absolute atomic E-state index is 0.0384. The molecule has 2 aliphatic heterocycles. The van der Waals surface area contributed by atoms with Gasteiger partial charge >= 0.3 is 0 Å². The largest absolute Gasteiger partial charge is 0.457 e. The first kappa shape index (κ1) is 21.0. The second-order valence-corrected chi connectivity index (χ2v) is 9.78. The van der Waals surface area contributed by atoms with Gasteiger partial charge in [0, 0.05) is 24.9 Å². The Morgan fingerprint density at radius 3 is 2.58 bits per heavy atom. The van der Waals surface area contributed by atoms with Gasteiger partial charge in [-0.15, -0.1) is 0 Å². The molecular weight excluding hydrogens is 418 g/mol. The number of hydrogen-bond donors (Lipinski definition) is 1. The Morgan fingerprint density at radius 2 is 1.84 bits per heavy atom. The van der Waals surface area contributed by atoms with Crippen molar-refractivity contribution in [1.29, 1.82) is 0 Å². The summed E-state index contributed by atoms with van der Waals surface area (Å²) in [6, 6.07) is 16.3. The third kappa shape index (κ3) is 5.11. The highest BCUT2D eigenvalue weighted by Gasteiger charge is 2.37. The summed E-state index contributed by atoms with van der Waals surface area (Å²) in [4.78, 5) is 24.9. The van der Waals surface area contributed by atoms with Crippen LogP contribution in [-0.2, 0) is 26.0 Å². The minimum Gasteiger partial charge on any atom is -0.457 e. The van der Waals surface area contributed by atoms with Crippen molar-refractivity contribution >= 4 is 27.4 Å². The van der Waals surface area contributed by atoms with Gasteiger partial charge in [0.15, 0.2) is 9.84 Å². The zero-order chi connectivity index (χ0) is 21.8. The standard InChI is InChI=1S/C22H23N3O5S/c26-21-11-10-19(24-25(21)17-12-13-31(28,29)15-17)22(27)23-14-16-6-4-5-9-20(16)30-18-7-2-1-3-8-18/h1-9,17H,10-15H2,(H,23,27). The van der Waals surface area contributed by atoms with Crippen LogP contribution in [0, 0.1) is 0 Å². The van der Waals surface area contributed by atoms with Gasteiger partial charge in [0.1, 0.15) is 17.2 Å². The van der Waals surface area contributed by atoms with Crippen LogP contribution in [0.3, 0.4) is 0 Å². The number of rotatable bonds is 6. The Balaban J connectivity index is 1.43. The summed E-state index contributed by atoms with van der Waals surface area (Å²) >= 11 is 0. The van der Waals surface area contributed by atoms with E-state index in [0.717, 1.165) is 5.56 Å². The van der Waals surface area contributed by atoms with E-state index in [2.05, 4.69) is 10.4 Å². The first-order valence-corrected chi connectivity index (χ1v) is 11.9. The van der Waals surface area contributed by atoms with Crippen molar-refractivity contribution in [2.75, 3.05) is 11.5 Å². The van der Waals surface area contributed by atoms with E-state index < -0.39 is 15.9 Å². The third-order valence-corrected chi connectivity index (χ3v) is 7.01. The smallest absolute Gasteiger partial charge is 0.267 e. The van der Waals surface area contributed by atoms with Gasteiger partial charge < -0.3 is 10.1 Å². The molecule has 1 atom stereocenters. The lowest BCUT2D eigenvalue weighted by Crippen LogP contribution is -2.43. The number of sulfone groups is 1. The molecule has 4 rings (SSSR count). The molecule has 1 fully saturated rings. The van der Waals surface area contributed by atoms with E-state index >= 15 is 0 Å². The zero-order valence-electron chi connectivity index (χ0n) is 16.9. The van der Waals surface area contributed by atoms with Gasteiger partial charge in [0.25, 0.3) is 5.91 Å². The molecule has 31 heavy (non-hydrogen) atoms. The van der Waals surface area contributed by atoms with Crippen LogP contribution >= 0.6 is 0 Å². The number of hydrazone groups is 1. The zero-order valence-corrected chi connectivity index (χ0v) is 17.7. The van der Waals surface area contributed by atoms with Crippen LogP contribution in [0.4, 0.5) is 0 Å². The molecule has 1 N–H and O–H groups in total. The van der Waals surface area contributed by atoms with E-state index in [1.54, 1.807) is 0 Å². The number of benzene rings is 2. The van der Waals surface area contributed by atoms with Crippen LogP contribution in [0.25, 0.3) is 0 Å². The maximum atomic E-state index is 12.7. The Bertz CT molecular complexity index is 1110. The Morgan fingerprint density at radius 1 is 1.10 bits per heavy atom. The predicted molar refractivity (Wildman–Crippen MR) is 115 cm³/mol. The molecule has 2 aliphatic rings. The molecule has 1 unspecified atom stereocenters. The van der Waals surface area contributed by atoms with Crippen molar-refractivity contribution in [2.24, 2.45) is 5.10 Å². The molecule has 1 saturated heterocycles. The summed E-state index contributed by atoms with van der Waals surface area (Å²) in [6.45, 7) is 0.229. The van der Waals surface area contributed by atoms with E-state index in [4.69, 9.17) is 4.74 Å². The monoisotopic (exact) mass is 441 g/mol.